The van der Waals surface area contributed by atoms with E-state index in [1.54, 1.807) is 13.3 Å². The molecule has 92 valence electrons. The molecule has 4 N–H and O–H groups in total. The Bertz CT molecular complexity index is 615. The zero-order valence-corrected chi connectivity index (χ0v) is 10.00. The number of hydrogen-bond acceptors (Lipinski definition) is 3. The van der Waals surface area contributed by atoms with Crippen LogP contribution in [0.5, 0.6) is 5.75 Å². The van der Waals surface area contributed by atoms with Crippen molar-refractivity contribution in [2.45, 2.75) is 0 Å². The summed E-state index contributed by atoms with van der Waals surface area (Å²) >= 11 is 0. The Morgan fingerprint density at radius 3 is 2.67 bits per heavy atom. The van der Waals surface area contributed by atoms with Crippen molar-refractivity contribution < 1.29 is 4.74 Å². The largest absolute Gasteiger partial charge is 0.496 e. The highest BCUT2D eigenvalue weighted by atomic mass is 16.5. The van der Waals surface area contributed by atoms with Crippen LogP contribution < -0.4 is 16.2 Å². The van der Waals surface area contributed by atoms with E-state index in [4.69, 9.17) is 16.2 Å². The van der Waals surface area contributed by atoms with Gasteiger partial charge in [0.05, 0.1) is 13.3 Å². The van der Waals surface area contributed by atoms with E-state index in [2.05, 4.69) is 10.2 Å². The molecule has 0 saturated carbocycles. The summed E-state index contributed by atoms with van der Waals surface area (Å²) in [5, 5.41) is 9.56. The molecule has 0 aliphatic heterocycles. The van der Waals surface area contributed by atoms with Gasteiger partial charge in [-0.15, -0.1) is 5.10 Å². The molecule has 0 fully saturated rings. The Morgan fingerprint density at radius 1 is 1.17 bits per heavy atom. The highest BCUT2D eigenvalue weighted by molar-refractivity contribution is 6.02. The first kappa shape index (κ1) is 11.9. The molecule has 0 aliphatic rings. The number of methoxy groups -OCH3 is 1. The quantitative estimate of drug-likeness (QED) is 0.485. The molecule has 0 aliphatic carbocycles. The molecule has 0 aromatic heterocycles. The molecule has 0 atom stereocenters. The van der Waals surface area contributed by atoms with Gasteiger partial charge in [-0.05, 0) is 16.8 Å². The second kappa shape index (κ2) is 5.18. The van der Waals surface area contributed by atoms with Crippen LogP contribution in [0, 0.1) is 0 Å². The minimum absolute atomic E-state index is 0.0783. The summed E-state index contributed by atoms with van der Waals surface area (Å²) < 4.78 is 5.31. The van der Waals surface area contributed by atoms with Crippen molar-refractivity contribution in [1.82, 2.24) is 0 Å². The fraction of sp³-hybridized carbons (Fsp3) is 0.0769. The van der Waals surface area contributed by atoms with Crippen molar-refractivity contribution in [3.63, 3.8) is 0 Å². The maximum absolute atomic E-state index is 5.31. The number of benzene rings is 2. The van der Waals surface area contributed by atoms with Crippen molar-refractivity contribution >= 4 is 22.9 Å². The van der Waals surface area contributed by atoms with E-state index in [1.165, 1.54) is 0 Å². The lowest BCUT2D eigenvalue weighted by Crippen LogP contribution is -2.21. The molecule has 0 spiro atoms. The van der Waals surface area contributed by atoms with Crippen LogP contribution in [0.1, 0.15) is 5.56 Å². The molecule has 5 nitrogen and oxygen atoms in total. The average molecular weight is 242 g/mol. The second-order valence-corrected chi connectivity index (χ2v) is 3.67. The number of fused-ring (bicyclic) bond motifs is 1. The van der Waals surface area contributed by atoms with Crippen molar-refractivity contribution in [3.05, 3.63) is 42.0 Å². The molecule has 0 amide bonds. The highest BCUT2D eigenvalue weighted by Crippen LogP contribution is 2.26. The van der Waals surface area contributed by atoms with Crippen LogP contribution in [0.4, 0.5) is 0 Å². The normalized spacial score (nSPS) is 10.7. The number of rotatable bonds is 3. The molecule has 2 rings (SSSR count). The van der Waals surface area contributed by atoms with Crippen LogP contribution in [-0.4, -0.2) is 19.3 Å². The van der Waals surface area contributed by atoms with Crippen molar-refractivity contribution in [3.8, 4) is 5.75 Å². The molecule has 0 saturated heterocycles. The fourth-order valence-corrected chi connectivity index (χ4v) is 1.74. The number of ether oxygens (including phenoxy) is 1. The Kier molecular flexibility index (Phi) is 3.43. The van der Waals surface area contributed by atoms with Crippen LogP contribution in [-0.2, 0) is 0 Å². The molecule has 2 aromatic carbocycles. The summed E-state index contributed by atoms with van der Waals surface area (Å²) in [6.07, 6.45) is 1.58. The van der Waals surface area contributed by atoms with Crippen LogP contribution in [0.15, 0.2) is 46.6 Å². The predicted molar refractivity (Wildman–Crippen MR) is 73.9 cm³/mol. The molecular formula is C13H14N4O. The molecule has 0 heterocycles. The van der Waals surface area contributed by atoms with Gasteiger partial charge < -0.3 is 16.2 Å². The summed E-state index contributed by atoms with van der Waals surface area (Å²) in [5.74, 6) is 0.647. The Balaban J connectivity index is 2.58. The summed E-state index contributed by atoms with van der Waals surface area (Å²) in [4.78, 5) is 0. The van der Waals surface area contributed by atoms with Crippen LogP contribution in [0.3, 0.4) is 0 Å². The van der Waals surface area contributed by atoms with E-state index in [0.717, 1.165) is 22.1 Å². The van der Waals surface area contributed by atoms with E-state index in [1.807, 2.05) is 36.4 Å². The smallest absolute Gasteiger partial charge is 0.211 e. The predicted octanol–water partition coefficient (Wildman–Crippen LogP) is 1.46. The van der Waals surface area contributed by atoms with E-state index in [-0.39, 0.29) is 5.96 Å². The minimum atomic E-state index is -0.0783. The first-order valence-electron chi connectivity index (χ1n) is 5.40. The zero-order chi connectivity index (χ0) is 13.0. The maximum Gasteiger partial charge on any atom is 0.211 e. The fourth-order valence-electron chi connectivity index (χ4n) is 1.74. The molecular weight excluding hydrogens is 228 g/mol. The lowest BCUT2D eigenvalue weighted by atomic mass is 10.0. The SMILES string of the molecule is COc1ccc2ccccc2c1/C=N/N=C(N)N. The van der Waals surface area contributed by atoms with E-state index < -0.39 is 0 Å². The number of hydrogen-bond donors (Lipinski definition) is 2. The minimum Gasteiger partial charge on any atom is -0.496 e. The Hall–Kier alpha value is -2.56. The second-order valence-electron chi connectivity index (χ2n) is 3.67. The number of nitrogens with zero attached hydrogens (tertiary/aromatic N) is 2. The van der Waals surface area contributed by atoms with Crippen molar-refractivity contribution in [2.75, 3.05) is 7.11 Å². The Morgan fingerprint density at radius 2 is 1.94 bits per heavy atom. The third-order valence-electron chi connectivity index (χ3n) is 2.51. The summed E-state index contributed by atoms with van der Waals surface area (Å²) in [7, 11) is 1.61. The standard InChI is InChI=1S/C13H14N4O/c1-18-12-7-6-9-4-2-3-5-10(9)11(12)8-16-17-13(14)15/h2-8H,1H3,(H4,14,15,17)/b16-8+. The molecule has 2 aromatic rings. The molecule has 0 radical (unpaired) electrons. The van der Waals surface area contributed by atoms with E-state index in [0.29, 0.717) is 0 Å². The van der Waals surface area contributed by atoms with E-state index in [9.17, 15) is 0 Å². The molecule has 5 heteroatoms. The van der Waals surface area contributed by atoms with Gasteiger partial charge in [0.15, 0.2) is 0 Å². The average Bonchev–Trinajstić information content (AvgIpc) is 2.38. The summed E-state index contributed by atoms with van der Waals surface area (Å²) in [6, 6.07) is 11.8. The first-order valence-corrected chi connectivity index (χ1v) is 5.40. The van der Waals surface area contributed by atoms with Gasteiger partial charge in [-0.3, -0.25) is 0 Å². The lowest BCUT2D eigenvalue weighted by molar-refractivity contribution is 0.415. The van der Waals surface area contributed by atoms with Crippen LogP contribution >= 0.6 is 0 Å². The topological polar surface area (TPSA) is 86.0 Å². The van der Waals surface area contributed by atoms with E-state index >= 15 is 0 Å². The number of guanidine groups is 1. The third-order valence-corrected chi connectivity index (χ3v) is 2.51. The number of nitrogens with two attached hydrogens (primary N) is 2. The van der Waals surface area contributed by atoms with Gasteiger partial charge in [-0.1, -0.05) is 30.3 Å². The van der Waals surface area contributed by atoms with Gasteiger partial charge in [0.1, 0.15) is 5.75 Å². The van der Waals surface area contributed by atoms with Crippen LogP contribution in [0.25, 0.3) is 10.8 Å². The summed E-state index contributed by atoms with van der Waals surface area (Å²) in [5.41, 5.74) is 11.3. The van der Waals surface area contributed by atoms with Crippen molar-refractivity contribution in [2.24, 2.45) is 21.7 Å². The van der Waals surface area contributed by atoms with Gasteiger partial charge in [0.25, 0.3) is 0 Å². The van der Waals surface area contributed by atoms with Crippen molar-refractivity contribution in [1.29, 1.82) is 0 Å². The lowest BCUT2D eigenvalue weighted by Gasteiger charge is -2.07. The zero-order valence-electron chi connectivity index (χ0n) is 10.00. The van der Waals surface area contributed by atoms with Gasteiger partial charge in [-0.25, -0.2) is 0 Å². The maximum atomic E-state index is 5.31. The van der Waals surface area contributed by atoms with Gasteiger partial charge in [0.2, 0.25) is 5.96 Å². The third kappa shape index (κ3) is 2.40. The molecule has 0 unspecified atom stereocenters. The first-order chi connectivity index (χ1) is 8.72. The molecule has 18 heavy (non-hydrogen) atoms. The van der Waals surface area contributed by atoms with Gasteiger partial charge >= 0.3 is 0 Å². The monoisotopic (exact) mass is 242 g/mol. The van der Waals surface area contributed by atoms with Crippen LogP contribution in [0.2, 0.25) is 0 Å². The highest BCUT2D eigenvalue weighted by Gasteiger charge is 2.05. The molecule has 0 bridgehead atoms. The van der Waals surface area contributed by atoms with Gasteiger partial charge in [0, 0.05) is 5.56 Å². The Labute approximate surface area is 105 Å². The van der Waals surface area contributed by atoms with Gasteiger partial charge in [-0.2, -0.15) is 5.10 Å². The summed E-state index contributed by atoms with van der Waals surface area (Å²) in [6.45, 7) is 0.